The van der Waals surface area contributed by atoms with Crippen molar-refractivity contribution in [1.29, 1.82) is 0 Å². The highest BCUT2D eigenvalue weighted by Gasteiger charge is 2.39. The third kappa shape index (κ3) is 8.47. The number of aromatic nitrogens is 1. The maximum Gasteiger partial charge on any atom is 0.0572 e. The number of nitrogens with zero attached hydrogens (tertiary/aromatic N) is 1. The zero-order valence-electron chi connectivity index (χ0n) is 46.8. The van der Waals surface area contributed by atoms with Crippen LogP contribution >= 0.6 is 0 Å². The molecule has 13 aromatic carbocycles. The van der Waals surface area contributed by atoms with Crippen molar-refractivity contribution in [2.24, 2.45) is 7.05 Å². The SMILES string of the molecule is Cn1c2c(-c3ccccc3-c3ccccc3-c3cc(-c4ccccc4)cc(-c4ccccc4)c3)cccc2c2c3c(cc(-c4ccccc4-c4ccccc4-c4cc(-c5ccccc5)cc(-c5ccccc5)c4)c21)-c1ccccc1C3(C)C. The zero-order chi connectivity index (χ0) is 55.6. The van der Waals surface area contributed by atoms with Crippen LogP contribution in [0.5, 0.6) is 0 Å². The molecular weight excluding hydrogens is 999 g/mol. The van der Waals surface area contributed by atoms with Gasteiger partial charge in [0.2, 0.25) is 0 Å². The summed E-state index contributed by atoms with van der Waals surface area (Å²) in [5, 5.41) is 2.57. The van der Waals surface area contributed by atoms with Gasteiger partial charge in [0.25, 0.3) is 0 Å². The highest BCUT2D eigenvalue weighted by molar-refractivity contribution is 6.21. The van der Waals surface area contributed by atoms with E-state index in [-0.39, 0.29) is 5.41 Å². The average molecular weight is 1060 g/mol. The van der Waals surface area contributed by atoms with Crippen molar-refractivity contribution in [3.8, 4) is 122 Å². The molecule has 0 spiro atoms. The predicted octanol–water partition coefficient (Wildman–Crippen LogP) is 22.3. The smallest absolute Gasteiger partial charge is 0.0572 e. The molecule has 0 fully saturated rings. The van der Waals surface area contributed by atoms with Gasteiger partial charge in [-0.1, -0.05) is 275 Å². The number of benzene rings is 13. The molecule has 0 bridgehead atoms. The summed E-state index contributed by atoms with van der Waals surface area (Å²) in [7, 11) is 2.31. The van der Waals surface area contributed by atoms with Crippen molar-refractivity contribution >= 4 is 21.8 Å². The second kappa shape index (κ2) is 20.3. The molecule has 1 aromatic heterocycles. The summed E-state index contributed by atoms with van der Waals surface area (Å²) in [6.07, 6.45) is 0. The Morgan fingerprint density at radius 2 is 0.542 bits per heavy atom. The Kier molecular flexibility index (Phi) is 12.2. The summed E-state index contributed by atoms with van der Waals surface area (Å²) in [4.78, 5) is 0. The first kappa shape index (κ1) is 49.7. The normalized spacial score (nSPS) is 12.4. The van der Waals surface area contributed by atoms with Gasteiger partial charge >= 0.3 is 0 Å². The molecule has 1 heterocycles. The Hall–Kier alpha value is -10.3. The van der Waals surface area contributed by atoms with Crippen LogP contribution in [0.3, 0.4) is 0 Å². The predicted molar refractivity (Wildman–Crippen MR) is 352 cm³/mol. The lowest BCUT2D eigenvalue weighted by molar-refractivity contribution is 0.666. The van der Waals surface area contributed by atoms with E-state index < -0.39 is 0 Å². The van der Waals surface area contributed by atoms with Gasteiger partial charge in [-0.15, -0.1) is 0 Å². The van der Waals surface area contributed by atoms with Gasteiger partial charge in [-0.25, -0.2) is 0 Å². The minimum atomic E-state index is -0.261. The average Bonchev–Trinajstić information content (AvgIpc) is 2.11. The lowest BCUT2D eigenvalue weighted by Gasteiger charge is -2.24. The molecule has 0 atom stereocenters. The van der Waals surface area contributed by atoms with Crippen LogP contribution in [0.4, 0.5) is 0 Å². The topological polar surface area (TPSA) is 4.93 Å². The van der Waals surface area contributed by atoms with Gasteiger partial charge < -0.3 is 4.57 Å². The maximum atomic E-state index is 2.53. The molecule has 0 aliphatic heterocycles. The number of rotatable bonds is 10. The molecule has 1 aliphatic carbocycles. The molecule has 0 unspecified atom stereocenters. The Labute approximate surface area is 486 Å². The van der Waals surface area contributed by atoms with E-state index in [4.69, 9.17) is 0 Å². The van der Waals surface area contributed by atoms with E-state index in [1.807, 2.05) is 0 Å². The summed E-state index contributed by atoms with van der Waals surface area (Å²) < 4.78 is 2.53. The first-order valence-electron chi connectivity index (χ1n) is 29.0. The van der Waals surface area contributed by atoms with Crippen LogP contribution in [0.15, 0.2) is 303 Å². The number of hydrogen-bond acceptors (Lipinski definition) is 0. The summed E-state index contributed by atoms with van der Waals surface area (Å²) in [6, 6.07) is 112. The zero-order valence-corrected chi connectivity index (χ0v) is 46.8. The van der Waals surface area contributed by atoms with Gasteiger partial charge in [-0.05, 0) is 165 Å². The number of fused-ring (bicyclic) bond motifs is 7. The summed E-state index contributed by atoms with van der Waals surface area (Å²) >= 11 is 0. The van der Waals surface area contributed by atoms with E-state index in [0.717, 1.165) is 0 Å². The summed E-state index contributed by atoms with van der Waals surface area (Å²) in [6.45, 7) is 4.86. The monoisotopic (exact) mass is 1060 g/mol. The highest BCUT2D eigenvalue weighted by atomic mass is 14.9. The molecule has 14 aromatic rings. The molecule has 0 N–H and O–H groups in total. The first-order chi connectivity index (χ1) is 40.9. The molecule has 15 rings (SSSR count). The van der Waals surface area contributed by atoms with Crippen LogP contribution in [0.1, 0.15) is 25.0 Å². The molecule has 0 amide bonds. The van der Waals surface area contributed by atoms with Crippen LogP contribution in [0, 0.1) is 0 Å². The van der Waals surface area contributed by atoms with E-state index >= 15 is 0 Å². The molecule has 83 heavy (non-hydrogen) atoms. The van der Waals surface area contributed by atoms with Crippen molar-refractivity contribution in [2.75, 3.05) is 0 Å². The van der Waals surface area contributed by atoms with Crippen molar-refractivity contribution in [3.05, 3.63) is 314 Å². The van der Waals surface area contributed by atoms with E-state index in [0.29, 0.717) is 0 Å². The lowest BCUT2D eigenvalue weighted by atomic mass is 9.79. The molecule has 392 valence electrons. The Morgan fingerprint density at radius 1 is 0.229 bits per heavy atom. The Bertz CT molecular complexity index is 4680. The van der Waals surface area contributed by atoms with E-state index in [1.54, 1.807) is 0 Å². The van der Waals surface area contributed by atoms with E-state index in [2.05, 4.69) is 329 Å². The third-order valence-corrected chi connectivity index (χ3v) is 17.6. The van der Waals surface area contributed by atoms with Crippen LogP contribution in [0.25, 0.3) is 144 Å². The number of aryl methyl sites for hydroxylation is 1. The quantitative estimate of drug-likeness (QED) is 0.129. The van der Waals surface area contributed by atoms with Crippen LogP contribution in [0.2, 0.25) is 0 Å². The number of hydrogen-bond donors (Lipinski definition) is 0. The standard InChI is InChI=1S/C82H59N/c1-82(2)77-46-25-24-43-72(77)75-53-76(71-42-23-21-40-69(71)67-38-19-17-36-65(67)63-51-60(56-31-12-6-13-32-56)48-61(52-63)57-33-14-7-15-34-57)81-78(79(75)82)74-45-26-44-73(80(74)83(81)3)70-41-22-20-39-68(70)66-37-18-16-35-64(66)62-49-58(54-27-8-4-9-28-54)47-59(50-62)55-29-10-5-11-30-55/h4-53H,1-3H3. The molecule has 1 nitrogen and oxygen atoms in total. The van der Waals surface area contributed by atoms with Crippen LogP contribution < -0.4 is 0 Å². The fraction of sp³-hybridized carbons (Fsp3) is 0.0488. The lowest BCUT2D eigenvalue weighted by Crippen LogP contribution is -2.15. The molecule has 1 aliphatic rings. The van der Waals surface area contributed by atoms with Crippen LogP contribution in [-0.4, -0.2) is 4.57 Å². The van der Waals surface area contributed by atoms with E-state index in [1.165, 1.54) is 155 Å². The Morgan fingerprint density at radius 3 is 0.964 bits per heavy atom. The van der Waals surface area contributed by atoms with E-state index in [9.17, 15) is 0 Å². The fourth-order valence-electron chi connectivity index (χ4n) is 13.8. The Balaban J connectivity index is 0.955. The van der Waals surface area contributed by atoms with Gasteiger partial charge in [0.05, 0.1) is 11.0 Å². The second-order valence-corrected chi connectivity index (χ2v) is 22.7. The molecule has 1 heteroatoms. The molecule has 0 saturated carbocycles. The summed E-state index contributed by atoms with van der Waals surface area (Å²) in [5.41, 5.74) is 31.4. The van der Waals surface area contributed by atoms with Crippen molar-refractivity contribution in [3.63, 3.8) is 0 Å². The number of para-hydroxylation sites is 1. The van der Waals surface area contributed by atoms with Gasteiger partial charge in [-0.3, -0.25) is 0 Å². The third-order valence-electron chi connectivity index (χ3n) is 17.6. The van der Waals surface area contributed by atoms with Crippen molar-refractivity contribution in [2.45, 2.75) is 19.3 Å². The second-order valence-electron chi connectivity index (χ2n) is 22.7. The molecular formula is C82H59N. The largest absolute Gasteiger partial charge is 0.343 e. The van der Waals surface area contributed by atoms with Crippen molar-refractivity contribution < 1.29 is 0 Å². The highest BCUT2D eigenvalue weighted by Crippen LogP contribution is 2.57. The van der Waals surface area contributed by atoms with Gasteiger partial charge in [-0.2, -0.15) is 0 Å². The van der Waals surface area contributed by atoms with Crippen molar-refractivity contribution in [1.82, 2.24) is 4.57 Å². The fourth-order valence-corrected chi connectivity index (χ4v) is 13.8. The minimum absolute atomic E-state index is 0.261. The minimum Gasteiger partial charge on any atom is -0.343 e. The first-order valence-corrected chi connectivity index (χ1v) is 29.0. The van der Waals surface area contributed by atoms with Gasteiger partial charge in [0, 0.05) is 34.4 Å². The van der Waals surface area contributed by atoms with Crippen LogP contribution in [-0.2, 0) is 12.5 Å². The molecule has 0 saturated heterocycles. The summed E-state index contributed by atoms with van der Waals surface area (Å²) in [5.74, 6) is 0. The van der Waals surface area contributed by atoms with Gasteiger partial charge in [0.15, 0.2) is 0 Å². The maximum absolute atomic E-state index is 2.53. The van der Waals surface area contributed by atoms with Gasteiger partial charge in [0.1, 0.15) is 0 Å². The molecule has 0 radical (unpaired) electrons.